The van der Waals surface area contributed by atoms with Gasteiger partial charge in [0.25, 0.3) is 10.0 Å². The SMILES string of the molecule is COC(=O)c1ccc(F)c(S(=O)(=O)Nc2ccc(N3CCNC(=O)C3)c(Cl)c2)c1. The third-order valence-electron chi connectivity index (χ3n) is 4.22. The molecule has 3 rings (SSSR count). The van der Waals surface area contributed by atoms with Crippen molar-refractivity contribution in [1.29, 1.82) is 0 Å². The van der Waals surface area contributed by atoms with Gasteiger partial charge in [0.2, 0.25) is 5.91 Å². The van der Waals surface area contributed by atoms with E-state index in [9.17, 15) is 22.4 Å². The number of benzene rings is 2. The normalized spacial score (nSPS) is 14.3. The molecule has 0 unspecified atom stereocenters. The van der Waals surface area contributed by atoms with Gasteiger partial charge in [-0.1, -0.05) is 11.6 Å². The van der Waals surface area contributed by atoms with Gasteiger partial charge in [0, 0.05) is 13.1 Å². The van der Waals surface area contributed by atoms with Crippen LogP contribution in [0.5, 0.6) is 0 Å². The molecule has 0 aliphatic carbocycles. The average molecular weight is 442 g/mol. The zero-order chi connectivity index (χ0) is 21.2. The molecule has 1 heterocycles. The molecule has 11 heteroatoms. The van der Waals surface area contributed by atoms with Crippen LogP contribution in [-0.4, -0.2) is 47.0 Å². The number of hydrogen-bond acceptors (Lipinski definition) is 6. The summed E-state index contributed by atoms with van der Waals surface area (Å²) in [6.45, 7) is 1.16. The highest BCUT2D eigenvalue weighted by Crippen LogP contribution is 2.30. The molecular formula is C18H17ClFN3O5S. The highest BCUT2D eigenvalue weighted by atomic mass is 35.5. The zero-order valence-corrected chi connectivity index (χ0v) is 16.8. The van der Waals surface area contributed by atoms with Crippen LogP contribution in [0, 0.1) is 5.82 Å². The van der Waals surface area contributed by atoms with Crippen LogP contribution in [0.4, 0.5) is 15.8 Å². The molecule has 0 spiro atoms. The Kier molecular flexibility index (Phi) is 5.94. The predicted molar refractivity (Wildman–Crippen MR) is 105 cm³/mol. The van der Waals surface area contributed by atoms with Crippen molar-refractivity contribution in [3.05, 3.63) is 52.8 Å². The first-order chi connectivity index (χ1) is 13.7. The Balaban J connectivity index is 1.86. The number of carbonyl (C=O) groups is 2. The molecule has 29 heavy (non-hydrogen) atoms. The van der Waals surface area contributed by atoms with Crippen LogP contribution in [0.3, 0.4) is 0 Å². The molecular weight excluding hydrogens is 425 g/mol. The second-order valence-corrected chi connectivity index (χ2v) is 8.24. The number of nitrogens with zero attached hydrogens (tertiary/aromatic N) is 1. The molecule has 2 aromatic rings. The maximum absolute atomic E-state index is 14.1. The zero-order valence-electron chi connectivity index (χ0n) is 15.2. The first-order valence-electron chi connectivity index (χ1n) is 8.43. The summed E-state index contributed by atoms with van der Waals surface area (Å²) in [6, 6.07) is 7.28. The van der Waals surface area contributed by atoms with Crippen LogP contribution in [0.15, 0.2) is 41.3 Å². The molecule has 0 saturated carbocycles. The number of nitrogens with one attached hydrogen (secondary N) is 2. The molecule has 0 bridgehead atoms. The molecule has 1 aliphatic rings. The summed E-state index contributed by atoms with van der Waals surface area (Å²) in [7, 11) is -3.21. The lowest BCUT2D eigenvalue weighted by Gasteiger charge is -2.29. The molecule has 2 N–H and O–H groups in total. The van der Waals surface area contributed by atoms with E-state index in [1.807, 2.05) is 0 Å². The van der Waals surface area contributed by atoms with Crippen molar-refractivity contribution in [3.63, 3.8) is 0 Å². The van der Waals surface area contributed by atoms with E-state index in [1.165, 1.54) is 12.1 Å². The van der Waals surface area contributed by atoms with Crippen molar-refractivity contribution >= 4 is 44.9 Å². The molecule has 0 radical (unpaired) electrons. The second kappa shape index (κ2) is 8.26. The molecule has 1 saturated heterocycles. The smallest absolute Gasteiger partial charge is 0.337 e. The predicted octanol–water partition coefficient (Wildman–Crippen LogP) is 2.00. The van der Waals surface area contributed by atoms with E-state index in [1.54, 1.807) is 11.0 Å². The first kappa shape index (κ1) is 20.9. The number of ether oxygens (including phenoxy) is 1. The van der Waals surface area contributed by atoms with E-state index < -0.39 is 26.7 Å². The fourth-order valence-corrected chi connectivity index (χ4v) is 4.29. The lowest BCUT2D eigenvalue weighted by Crippen LogP contribution is -2.47. The van der Waals surface area contributed by atoms with Crippen LogP contribution in [-0.2, 0) is 19.6 Å². The van der Waals surface area contributed by atoms with Crippen molar-refractivity contribution in [2.75, 3.05) is 36.4 Å². The van der Waals surface area contributed by atoms with Gasteiger partial charge in [-0.15, -0.1) is 0 Å². The maximum atomic E-state index is 14.1. The highest BCUT2D eigenvalue weighted by Gasteiger charge is 2.23. The summed E-state index contributed by atoms with van der Waals surface area (Å²) in [4.78, 5) is 24.2. The minimum atomic E-state index is -4.34. The maximum Gasteiger partial charge on any atom is 0.337 e. The minimum absolute atomic E-state index is 0.100. The number of piperazine rings is 1. The van der Waals surface area contributed by atoms with Gasteiger partial charge in [-0.3, -0.25) is 9.52 Å². The molecule has 0 aromatic heterocycles. The number of carbonyl (C=O) groups excluding carboxylic acids is 2. The minimum Gasteiger partial charge on any atom is -0.465 e. The monoisotopic (exact) mass is 441 g/mol. The summed E-state index contributed by atoms with van der Waals surface area (Å²) in [5.74, 6) is -1.95. The number of sulfonamides is 1. The Morgan fingerprint density at radius 1 is 1.28 bits per heavy atom. The lowest BCUT2D eigenvalue weighted by atomic mass is 10.2. The third-order valence-corrected chi connectivity index (χ3v) is 5.92. The van der Waals surface area contributed by atoms with Gasteiger partial charge in [0.1, 0.15) is 10.7 Å². The van der Waals surface area contributed by atoms with Gasteiger partial charge in [-0.05, 0) is 36.4 Å². The van der Waals surface area contributed by atoms with Crippen LogP contribution >= 0.6 is 11.6 Å². The molecule has 1 aliphatic heterocycles. The number of amides is 1. The number of esters is 1. The third kappa shape index (κ3) is 4.60. The van der Waals surface area contributed by atoms with Crippen molar-refractivity contribution < 1.29 is 27.1 Å². The molecule has 2 aromatic carbocycles. The molecule has 1 amide bonds. The summed E-state index contributed by atoms with van der Waals surface area (Å²) in [5.41, 5.74) is 0.567. The van der Waals surface area contributed by atoms with Crippen molar-refractivity contribution in [3.8, 4) is 0 Å². The van der Waals surface area contributed by atoms with Crippen molar-refractivity contribution in [1.82, 2.24) is 5.32 Å². The van der Waals surface area contributed by atoms with E-state index in [0.29, 0.717) is 18.8 Å². The van der Waals surface area contributed by atoms with Crippen LogP contribution < -0.4 is 14.9 Å². The van der Waals surface area contributed by atoms with E-state index in [-0.39, 0.29) is 28.7 Å². The summed E-state index contributed by atoms with van der Waals surface area (Å²) >= 11 is 6.26. The van der Waals surface area contributed by atoms with E-state index in [4.69, 9.17) is 11.6 Å². The van der Waals surface area contributed by atoms with Gasteiger partial charge in [-0.25, -0.2) is 17.6 Å². The Morgan fingerprint density at radius 3 is 2.69 bits per heavy atom. The number of hydrogen-bond donors (Lipinski definition) is 2. The van der Waals surface area contributed by atoms with E-state index >= 15 is 0 Å². The second-order valence-electron chi connectivity index (χ2n) is 6.18. The topological polar surface area (TPSA) is 105 Å². The summed E-state index contributed by atoms with van der Waals surface area (Å²) < 4.78 is 46.1. The summed E-state index contributed by atoms with van der Waals surface area (Å²) in [6.07, 6.45) is 0. The molecule has 1 fully saturated rings. The summed E-state index contributed by atoms with van der Waals surface area (Å²) in [5, 5.41) is 2.93. The Labute approximate surface area is 171 Å². The fraction of sp³-hybridized carbons (Fsp3) is 0.222. The largest absolute Gasteiger partial charge is 0.465 e. The van der Waals surface area contributed by atoms with Crippen molar-refractivity contribution in [2.24, 2.45) is 0 Å². The highest BCUT2D eigenvalue weighted by molar-refractivity contribution is 7.92. The molecule has 154 valence electrons. The van der Waals surface area contributed by atoms with Gasteiger partial charge < -0.3 is 15.0 Å². The first-order valence-corrected chi connectivity index (χ1v) is 10.3. The van der Waals surface area contributed by atoms with Crippen LogP contribution in [0.1, 0.15) is 10.4 Å². The fourth-order valence-electron chi connectivity index (χ4n) is 2.84. The van der Waals surface area contributed by atoms with Gasteiger partial charge in [0.05, 0.1) is 35.6 Å². The number of rotatable bonds is 5. The van der Waals surface area contributed by atoms with Gasteiger partial charge >= 0.3 is 5.97 Å². The Hall–Kier alpha value is -2.85. The van der Waals surface area contributed by atoms with Gasteiger partial charge in [0.15, 0.2) is 0 Å². The lowest BCUT2D eigenvalue weighted by molar-refractivity contribution is -0.120. The van der Waals surface area contributed by atoms with Crippen molar-refractivity contribution in [2.45, 2.75) is 4.90 Å². The number of methoxy groups -OCH3 is 1. The van der Waals surface area contributed by atoms with E-state index in [0.717, 1.165) is 25.3 Å². The van der Waals surface area contributed by atoms with Crippen LogP contribution in [0.2, 0.25) is 5.02 Å². The van der Waals surface area contributed by atoms with Gasteiger partial charge in [-0.2, -0.15) is 0 Å². The van der Waals surface area contributed by atoms with E-state index in [2.05, 4.69) is 14.8 Å². The number of anilines is 2. The molecule has 0 atom stereocenters. The van der Waals surface area contributed by atoms with Crippen LogP contribution in [0.25, 0.3) is 0 Å². The quantitative estimate of drug-likeness (QED) is 0.688. The molecule has 8 nitrogen and oxygen atoms in total. The number of halogens is 2. The standard InChI is InChI=1S/C18H17ClFN3O5S/c1-28-18(25)11-2-4-14(20)16(8-11)29(26,27)22-12-3-5-15(13(19)9-12)23-7-6-21-17(24)10-23/h2-5,8-9,22H,6-7,10H2,1H3,(H,21,24). The average Bonchev–Trinajstić information content (AvgIpc) is 2.67. The Bertz CT molecular complexity index is 1080. The Morgan fingerprint density at radius 2 is 2.03 bits per heavy atom.